The van der Waals surface area contributed by atoms with Gasteiger partial charge in [-0.2, -0.15) is 5.26 Å². The third kappa shape index (κ3) is 3.81. The zero-order valence-electron chi connectivity index (χ0n) is 14.1. The van der Waals surface area contributed by atoms with E-state index in [1.807, 2.05) is 11.0 Å². The quantitative estimate of drug-likeness (QED) is 0.465. The molecular weight excluding hydrogens is 334 g/mol. The number of nitro groups is 1. The summed E-state index contributed by atoms with van der Waals surface area (Å²) in [6, 6.07) is 13.0. The van der Waals surface area contributed by atoms with Gasteiger partial charge in [-0.3, -0.25) is 10.1 Å². The number of carbonyl (C=O) groups is 1. The van der Waals surface area contributed by atoms with Crippen molar-refractivity contribution in [2.75, 3.05) is 18.0 Å². The number of nitro benzene ring substituents is 1. The van der Waals surface area contributed by atoms with Gasteiger partial charge in [0.2, 0.25) is 0 Å². The Labute approximate surface area is 150 Å². The highest BCUT2D eigenvalue weighted by Crippen LogP contribution is 2.29. The van der Waals surface area contributed by atoms with Gasteiger partial charge in [-0.25, -0.2) is 4.79 Å². The number of rotatable bonds is 5. The third-order valence-corrected chi connectivity index (χ3v) is 4.31. The summed E-state index contributed by atoms with van der Waals surface area (Å²) < 4.78 is 5.35. The van der Waals surface area contributed by atoms with Crippen LogP contribution in [-0.2, 0) is 11.3 Å². The van der Waals surface area contributed by atoms with Crippen molar-refractivity contribution in [2.24, 2.45) is 0 Å². The third-order valence-electron chi connectivity index (χ3n) is 4.31. The molecule has 1 fully saturated rings. The van der Waals surface area contributed by atoms with Gasteiger partial charge in [0.05, 0.1) is 27.8 Å². The second-order valence-electron chi connectivity index (χ2n) is 6.04. The number of non-ortho nitro benzene ring substituents is 1. The predicted molar refractivity (Wildman–Crippen MR) is 94.8 cm³/mol. The molecule has 0 spiro atoms. The summed E-state index contributed by atoms with van der Waals surface area (Å²) in [5.41, 5.74) is 1.99. The minimum Gasteiger partial charge on any atom is -0.457 e. The molecule has 0 atom stereocenters. The Balaban J connectivity index is 1.80. The van der Waals surface area contributed by atoms with Crippen LogP contribution in [0.4, 0.5) is 11.4 Å². The Hall–Kier alpha value is -3.40. The number of ether oxygens (including phenoxy) is 1. The molecule has 26 heavy (non-hydrogen) atoms. The summed E-state index contributed by atoms with van der Waals surface area (Å²) in [4.78, 5) is 25.2. The molecule has 0 bridgehead atoms. The average molecular weight is 351 g/mol. The summed E-state index contributed by atoms with van der Waals surface area (Å²) >= 11 is 0. The van der Waals surface area contributed by atoms with Gasteiger partial charge in [-0.05, 0) is 36.6 Å². The zero-order valence-corrected chi connectivity index (χ0v) is 14.1. The Morgan fingerprint density at radius 1 is 1.19 bits per heavy atom. The van der Waals surface area contributed by atoms with Gasteiger partial charge in [0, 0.05) is 25.2 Å². The highest BCUT2D eigenvalue weighted by Gasteiger charge is 2.23. The first-order valence-electron chi connectivity index (χ1n) is 8.28. The summed E-state index contributed by atoms with van der Waals surface area (Å²) in [5, 5.41) is 19.9. The van der Waals surface area contributed by atoms with Crippen LogP contribution in [0.3, 0.4) is 0 Å². The van der Waals surface area contributed by atoms with Crippen LogP contribution < -0.4 is 4.90 Å². The van der Waals surface area contributed by atoms with Crippen LogP contribution in [0.15, 0.2) is 42.5 Å². The van der Waals surface area contributed by atoms with E-state index >= 15 is 0 Å². The Kier molecular flexibility index (Phi) is 5.13. The predicted octanol–water partition coefficient (Wildman–Crippen LogP) is 3.42. The molecule has 0 radical (unpaired) electrons. The van der Waals surface area contributed by atoms with Gasteiger partial charge in [-0.1, -0.05) is 12.1 Å². The highest BCUT2D eigenvalue weighted by molar-refractivity contribution is 5.96. The Morgan fingerprint density at radius 3 is 2.50 bits per heavy atom. The Bertz CT molecular complexity index is 865. The van der Waals surface area contributed by atoms with Crippen molar-refractivity contribution in [1.29, 1.82) is 5.26 Å². The number of hydrogen-bond donors (Lipinski definition) is 0. The van der Waals surface area contributed by atoms with E-state index in [2.05, 4.69) is 0 Å². The lowest BCUT2D eigenvalue weighted by atomic mass is 10.1. The maximum Gasteiger partial charge on any atom is 0.340 e. The molecule has 2 aromatic rings. The van der Waals surface area contributed by atoms with Crippen molar-refractivity contribution in [3.05, 3.63) is 69.3 Å². The van der Waals surface area contributed by atoms with Crippen LogP contribution >= 0.6 is 0 Å². The summed E-state index contributed by atoms with van der Waals surface area (Å²) in [5.74, 6) is -0.597. The largest absolute Gasteiger partial charge is 0.457 e. The van der Waals surface area contributed by atoms with Crippen molar-refractivity contribution < 1.29 is 14.5 Å². The number of esters is 1. The lowest BCUT2D eigenvalue weighted by Gasteiger charge is -2.20. The van der Waals surface area contributed by atoms with Crippen LogP contribution in [0.1, 0.15) is 34.3 Å². The molecule has 0 aliphatic carbocycles. The van der Waals surface area contributed by atoms with E-state index in [0.29, 0.717) is 11.3 Å². The van der Waals surface area contributed by atoms with Crippen molar-refractivity contribution >= 4 is 17.3 Å². The minimum absolute atomic E-state index is 0.0344. The standard InChI is InChI=1S/C19H17N3O4/c20-12-14-3-5-15(6-4-14)13-26-19(23)17-11-16(22(24)25)7-8-18(17)21-9-1-2-10-21/h3-8,11H,1-2,9-10,13H2. The monoisotopic (exact) mass is 351 g/mol. The van der Waals surface area contributed by atoms with Crippen LogP contribution in [0.5, 0.6) is 0 Å². The normalized spacial score (nSPS) is 13.3. The second-order valence-corrected chi connectivity index (χ2v) is 6.04. The number of nitriles is 1. The maximum atomic E-state index is 12.6. The van der Waals surface area contributed by atoms with Gasteiger partial charge < -0.3 is 9.64 Å². The minimum atomic E-state index is -0.597. The molecule has 1 aliphatic heterocycles. The summed E-state index contributed by atoms with van der Waals surface area (Å²) in [7, 11) is 0. The molecular formula is C19H17N3O4. The lowest BCUT2D eigenvalue weighted by molar-refractivity contribution is -0.384. The number of benzene rings is 2. The molecule has 0 aromatic heterocycles. The van der Waals surface area contributed by atoms with Crippen LogP contribution in [0, 0.1) is 21.4 Å². The van der Waals surface area contributed by atoms with Gasteiger partial charge in [0.15, 0.2) is 0 Å². The van der Waals surface area contributed by atoms with Crippen molar-refractivity contribution in [3.63, 3.8) is 0 Å². The highest BCUT2D eigenvalue weighted by atomic mass is 16.6. The molecule has 0 amide bonds. The molecule has 7 heteroatoms. The fourth-order valence-electron chi connectivity index (χ4n) is 2.94. The van der Waals surface area contributed by atoms with E-state index in [0.717, 1.165) is 31.5 Å². The van der Waals surface area contributed by atoms with E-state index in [1.165, 1.54) is 12.1 Å². The van der Waals surface area contributed by atoms with E-state index in [9.17, 15) is 14.9 Å². The average Bonchev–Trinajstić information content (AvgIpc) is 3.20. The fourth-order valence-corrected chi connectivity index (χ4v) is 2.94. The Morgan fingerprint density at radius 2 is 1.88 bits per heavy atom. The second kappa shape index (κ2) is 7.66. The molecule has 1 heterocycles. The first-order valence-corrected chi connectivity index (χ1v) is 8.28. The van der Waals surface area contributed by atoms with Crippen molar-refractivity contribution in [1.82, 2.24) is 0 Å². The van der Waals surface area contributed by atoms with E-state index in [4.69, 9.17) is 10.00 Å². The van der Waals surface area contributed by atoms with Crippen molar-refractivity contribution in [3.8, 4) is 6.07 Å². The van der Waals surface area contributed by atoms with Gasteiger partial charge in [0.1, 0.15) is 6.61 Å². The van der Waals surface area contributed by atoms with E-state index in [1.54, 1.807) is 30.3 Å². The summed E-state index contributed by atoms with van der Waals surface area (Å²) in [6.07, 6.45) is 2.05. The molecule has 132 valence electrons. The number of carbonyl (C=O) groups excluding carboxylic acids is 1. The molecule has 2 aromatic carbocycles. The molecule has 3 rings (SSSR count). The lowest BCUT2D eigenvalue weighted by Crippen LogP contribution is -2.21. The van der Waals surface area contributed by atoms with E-state index in [-0.39, 0.29) is 17.9 Å². The zero-order chi connectivity index (χ0) is 18.5. The first-order chi connectivity index (χ1) is 12.6. The van der Waals surface area contributed by atoms with Crippen molar-refractivity contribution in [2.45, 2.75) is 19.4 Å². The molecule has 1 aliphatic rings. The van der Waals surface area contributed by atoms with Crippen LogP contribution in [0.25, 0.3) is 0 Å². The molecule has 1 saturated heterocycles. The number of anilines is 1. The molecule has 0 unspecified atom stereocenters. The SMILES string of the molecule is N#Cc1ccc(COC(=O)c2cc([N+](=O)[O-])ccc2N2CCCC2)cc1. The summed E-state index contributed by atoms with van der Waals surface area (Å²) in [6.45, 7) is 1.66. The van der Waals surface area contributed by atoms with Gasteiger partial charge in [0.25, 0.3) is 5.69 Å². The smallest absolute Gasteiger partial charge is 0.340 e. The van der Waals surface area contributed by atoms with Crippen LogP contribution in [-0.4, -0.2) is 24.0 Å². The van der Waals surface area contributed by atoms with E-state index < -0.39 is 10.9 Å². The molecule has 0 saturated carbocycles. The number of nitrogens with zero attached hydrogens (tertiary/aromatic N) is 3. The first kappa shape index (κ1) is 17.4. The topological polar surface area (TPSA) is 96.5 Å². The fraction of sp³-hybridized carbons (Fsp3) is 0.263. The van der Waals surface area contributed by atoms with Gasteiger partial charge in [-0.15, -0.1) is 0 Å². The maximum absolute atomic E-state index is 12.6. The van der Waals surface area contributed by atoms with Crippen LogP contribution in [0.2, 0.25) is 0 Å². The molecule has 0 N–H and O–H groups in total. The number of hydrogen-bond acceptors (Lipinski definition) is 6. The van der Waals surface area contributed by atoms with Gasteiger partial charge >= 0.3 is 5.97 Å². The molecule has 7 nitrogen and oxygen atoms in total.